The molecule has 0 unspecified atom stereocenters. The summed E-state index contributed by atoms with van der Waals surface area (Å²) in [6.45, 7) is 4.50. The molecular weight excluding hydrogens is 300 g/mol. The summed E-state index contributed by atoms with van der Waals surface area (Å²) in [5.74, 6) is 1.10. The van der Waals surface area contributed by atoms with Crippen LogP contribution in [-0.2, 0) is 4.74 Å². The maximum atomic E-state index is 6.34. The lowest BCUT2D eigenvalue weighted by Gasteiger charge is -2.48. The third kappa shape index (κ3) is 3.32. The fourth-order valence-electron chi connectivity index (χ4n) is 4.44. The van der Waals surface area contributed by atoms with E-state index in [0.29, 0.717) is 12.1 Å². The maximum absolute atomic E-state index is 6.34. The number of nitrogens with zero attached hydrogens (tertiary/aromatic N) is 1. The van der Waals surface area contributed by atoms with Gasteiger partial charge >= 0.3 is 0 Å². The van der Waals surface area contributed by atoms with Gasteiger partial charge in [0.25, 0.3) is 0 Å². The van der Waals surface area contributed by atoms with Crippen molar-refractivity contribution in [1.82, 2.24) is 10.2 Å². The average molecular weight is 330 g/mol. The molecule has 3 aliphatic rings. The maximum Gasteiger partial charge on any atom is 0.124 e. The monoisotopic (exact) mass is 330 g/mol. The molecule has 24 heavy (non-hydrogen) atoms. The molecule has 1 N–H and O–H groups in total. The number of ether oxygens (including phenoxy) is 2. The molecule has 1 saturated carbocycles. The Bertz CT molecular complexity index is 550. The third-order valence-corrected chi connectivity index (χ3v) is 6.15. The molecule has 2 heterocycles. The minimum atomic E-state index is 0.114. The largest absolute Gasteiger partial charge is 0.487 e. The first-order chi connectivity index (χ1) is 11.8. The van der Waals surface area contributed by atoms with Gasteiger partial charge in [0.1, 0.15) is 11.4 Å². The van der Waals surface area contributed by atoms with E-state index in [0.717, 1.165) is 38.3 Å². The van der Waals surface area contributed by atoms with Gasteiger partial charge < -0.3 is 19.7 Å². The van der Waals surface area contributed by atoms with Gasteiger partial charge in [-0.1, -0.05) is 18.2 Å². The number of hydrogen-bond acceptors (Lipinski definition) is 4. The molecule has 4 heteroatoms. The second-order valence-electron chi connectivity index (χ2n) is 7.66. The fraction of sp³-hybridized carbons (Fsp3) is 0.700. The lowest BCUT2D eigenvalue weighted by molar-refractivity contribution is -0.0371. The molecule has 1 saturated heterocycles. The molecule has 4 rings (SSSR count). The molecule has 0 bridgehead atoms. The van der Waals surface area contributed by atoms with Crippen LogP contribution in [0.1, 0.15) is 50.1 Å². The van der Waals surface area contributed by atoms with Crippen LogP contribution in [0.25, 0.3) is 0 Å². The van der Waals surface area contributed by atoms with Crippen molar-refractivity contribution in [2.24, 2.45) is 0 Å². The minimum absolute atomic E-state index is 0.114. The normalized spacial score (nSPS) is 26.6. The number of methoxy groups -OCH3 is 1. The fourth-order valence-corrected chi connectivity index (χ4v) is 4.44. The number of rotatable bonds is 5. The highest BCUT2D eigenvalue weighted by Gasteiger charge is 2.45. The van der Waals surface area contributed by atoms with E-state index in [9.17, 15) is 0 Å². The Kier molecular flexibility index (Phi) is 4.79. The number of para-hydroxylation sites is 1. The number of hydrogen-bond donors (Lipinski definition) is 1. The van der Waals surface area contributed by atoms with E-state index in [2.05, 4.69) is 34.5 Å². The first kappa shape index (κ1) is 16.4. The summed E-state index contributed by atoms with van der Waals surface area (Å²) >= 11 is 0. The van der Waals surface area contributed by atoms with E-state index < -0.39 is 0 Å². The number of nitrogens with one attached hydrogen (secondary N) is 1. The lowest BCUT2D eigenvalue weighted by atomic mass is 9.73. The summed E-state index contributed by atoms with van der Waals surface area (Å²) in [7, 11) is 1.83. The van der Waals surface area contributed by atoms with Crippen molar-refractivity contribution in [2.45, 2.75) is 56.3 Å². The van der Waals surface area contributed by atoms with Crippen molar-refractivity contribution in [3.63, 3.8) is 0 Å². The molecule has 0 amide bonds. The first-order valence-corrected chi connectivity index (χ1v) is 9.54. The van der Waals surface area contributed by atoms with Gasteiger partial charge in [-0.05, 0) is 38.2 Å². The molecule has 0 aromatic heterocycles. The van der Waals surface area contributed by atoms with Crippen LogP contribution in [0.4, 0.5) is 0 Å². The third-order valence-electron chi connectivity index (χ3n) is 6.15. The first-order valence-electron chi connectivity index (χ1n) is 9.54. The van der Waals surface area contributed by atoms with E-state index >= 15 is 0 Å². The minimum Gasteiger partial charge on any atom is -0.487 e. The van der Waals surface area contributed by atoms with E-state index in [1.54, 1.807) is 0 Å². The second-order valence-corrected chi connectivity index (χ2v) is 7.66. The zero-order chi connectivity index (χ0) is 16.4. The van der Waals surface area contributed by atoms with Gasteiger partial charge in [-0.2, -0.15) is 0 Å². The van der Waals surface area contributed by atoms with Crippen molar-refractivity contribution in [1.29, 1.82) is 0 Å². The summed E-state index contributed by atoms with van der Waals surface area (Å²) in [4.78, 5) is 2.56. The molecule has 1 aromatic carbocycles. The summed E-state index contributed by atoms with van der Waals surface area (Å²) in [5, 5.41) is 3.82. The van der Waals surface area contributed by atoms with E-state index in [-0.39, 0.29) is 5.60 Å². The summed E-state index contributed by atoms with van der Waals surface area (Å²) in [6, 6.07) is 9.02. The van der Waals surface area contributed by atoms with Crippen LogP contribution in [0.15, 0.2) is 24.3 Å². The van der Waals surface area contributed by atoms with Crippen LogP contribution < -0.4 is 10.1 Å². The molecule has 1 aliphatic carbocycles. The zero-order valence-corrected chi connectivity index (χ0v) is 14.8. The summed E-state index contributed by atoms with van der Waals surface area (Å²) in [5.41, 5.74) is 1.45. The molecule has 1 atom stereocenters. The van der Waals surface area contributed by atoms with Crippen molar-refractivity contribution < 1.29 is 9.47 Å². The SMILES string of the molecule is COC1CCN(CCN[C@H]2CC3(CCC3)Oc3ccccc32)CC1. The van der Waals surface area contributed by atoms with E-state index in [4.69, 9.17) is 9.47 Å². The Hall–Kier alpha value is -1.10. The predicted octanol–water partition coefficient (Wildman–Crippen LogP) is 3.13. The molecular formula is C20H30N2O2. The highest BCUT2D eigenvalue weighted by atomic mass is 16.5. The molecule has 1 spiro atoms. The molecule has 132 valence electrons. The zero-order valence-electron chi connectivity index (χ0n) is 14.8. The van der Waals surface area contributed by atoms with Crippen molar-refractivity contribution >= 4 is 0 Å². The number of benzene rings is 1. The van der Waals surface area contributed by atoms with Gasteiger partial charge in [-0.25, -0.2) is 0 Å². The van der Waals surface area contributed by atoms with Gasteiger partial charge in [0, 0.05) is 51.3 Å². The van der Waals surface area contributed by atoms with Crippen LogP contribution in [-0.4, -0.2) is 49.9 Å². The Morgan fingerprint density at radius 3 is 2.75 bits per heavy atom. The van der Waals surface area contributed by atoms with Crippen molar-refractivity contribution in [3.05, 3.63) is 29.8 Å². The Labute approximate surface area is 145 Å². The van der Waals surface area contributed by atoms with Gasteiger partial charge in [0.05, 0.1) is 6.10 Å². The highest BCUT2D eigenvalue weighted by Crippen LogP contribution is 2.48. The average Bonchev–Trinajstić information content (AvgIpc) is 2.61. The topological polar surface area (TPSA) is 33.7 Å². The highest BCUT2D eigenvalue weighted by molar-refractivity contribution is 5.39. The van der Waals surface area contributed by atoms with Crippen LogP contribution in [0, 0.1) is 0 Å². The Morgan fingerprint density at radius 2 is 2.04 bits per heavy atom. The number of piperidine rings is 1. The second kappa shape index (κ2) is 7.03. The quantitative estimate of drug-likeness (QED) is 0.899. The Morgan fingerprint density at radius 1 is 1.25 bits per heavy atom. The van der Waals surface area contributed by atoms with Gasteiger partial charge in [0.2, 0.25) is 0 Å². The Balaban J connectivity index is 1.33. The predicted molar refractivity (Wildman–Crippen MR) is 95.5 cm³/mol. The summed E-state index contributed by atoms with van der Waals surface area (Å²) < 4.78 is 11.8. The lowest BCUT2D eigenvalue weighted by Crippen LogP contribution is -2.49. The van der Waals surface area contributed by atoms with Crippen molar-refractivity contribution in [3.8, 4) is 5.75 Å². The summed E-state index contributed by atoms with van der Waals surface area (Å²) in [6.07, 6.45) is 7.65. The van der Waals surface area contributed by atoms with Crippen LogP contribution >= 0.6 is 0 Å². The van der Waals surface area contributed by atoms with Crippen LogP contribution in [0.2, 0.25) is 0 Å². The van der Waals surface area contributed by atoms with E-state index in [1.165, 1.54) is 37.7 Å². The molecule has 2 aliphatic heterocycles. The van der Waals surface area contributed by atoms with Gasteiger partial charge in [-0.3, -0.25) is 0 Å². The van der Waals surface area contributed by atoms with Gasteiger partial charge in [0.15, 0.2) is 0 Å². The van der Waals surface area contributed by atoms with Crippen LogP contribution in [0.5, 0.6) is 5.75 Å². The van der Waals surface area contributed by atoms with Crippen molar-refractivity contribution in [2.75, 3.05) is 33.3 Å². The van der Waals surface area contributed by atoms with E-state index in [1.807, 2.05) is 7.11 Å². The molecule has 1 aromatic rings. The van der Waals surface area contributed by atoms with Crippen LogP contribution in [0.3, 0.4) is 0 Å². The standard InChI is InChI=1S/C20H30N2O2/c1-23-16-7-12-22(13-8-16)14-11-21-18-15-20(9-4-10-20)24-19-6-3-2-5-17(18)19/h2-3,5-6,16,18,21H,4,7-15H2,1H3/t18-/m0/s1. The molecule has 0 radical (unpaired) electrons. The van der Waals surface area contributed by atoms with Gasteiger partial charge in [-0.15, -0.1) is 0 Å². The number of fused-ring (bicyclic) bond motifs is 1. The number of likely N-dealkylation sites (tertiary alicyclic amines) is 1. The smallest absolute Gasteiger partial charge is 0.124 e. The molecule has 2 fully saturated rings. The molecule has 4 nitrogen and oxygen atoms in total.